The largest absolute Gasteiger partial charge is 0.463 e. The molecule has 15 heavy (non-hydrogen) atoms. The molecule has 2 heteroatoms. The number of likely N-dealkylation sites (tertiary alicyclic amines) is 1. The zero-order chi connectivity index (χ0) is 10.1. The van der Waals surface area contributed by atoms with Crippen molar-refractivity contribution in [2.75, 3.05) is 13.1 Å². The summed E-state index contributed by atoms with van der Waals surface area (Å²) < 4.78 is 5.64. The Morgan fingerprint density at radius 2 is 1.87 bits per heavy atom. The van der Waals surface area contributed by atoms with E-state index in [0.717, 1.165) is 12.2 Å². The molecule has 0 atom stereocenters. The molecule has 1 fully saturated rings. The molecule has 2 aliphatic rings. The number of hydrogen-bond acceptors (Lipinski definition) is 2. The number of fused-ring (bicyclic) bond motifs is 1. The summed E-state index contributed by atoms with van der Waals surface area (Å²) in [5.74, 6) is 1.01. The van der Waals surface area contributed by atoms with Gasteiger partial charge in [-0.2, -0.15) is 0 Å². The lowest BCUT2D eigenvalue weighted by atomic mass is 10.1. The fraction of sp³-hybridized carbons (Fsp3) is 0.385. The third-order valence-corrected chi connectivity index (χ3v) is 3.18. The number of allylic oxidation sites excluding steroid dienone is 1. The van der Waals surface area contributed by atoms with Gasteiger partial charge in [0, 0.05) is 25.1 Å². The average Bonchev–Trinajstić information content (AvgIpc) is 2.82. The van der Waals surface area contributed by atoms with Gasteiger partial charge in [-0.3, -0.25) is 0 Å². The Morgan fingerprint density at radius 3 is 2.73 bits per heavy atom. The number of para-hydroxylation sites is 1. The molecule has 0 saturated carbocycles. The van der Waals surface area contributed by atoms with E-state index in [4.69, 9.17) is 4.74 Å². The van der Waals surface area contributed by atoms with Crippen LogP contribution in [0.2, 0.25) is 0 Å². The molecular weight excluding hydrogens is 186 g/mol. The molecule has 0 unspecified atom stereocenters. The molecule has 1 aromatic carbocycles. The minimum Gasteiger partial charge on any atom is -0.463 e. The van der Waals surface area contributed by atoms with Crippen LogP contribution in [0.4, 0.5) is 0 Å². The second kappa shape index (κ2) is 3.61. The van der Waals surface area contributed by atoms with Crippen molar-refractivity contribution in [3.05, 3.63) is 41.8 Å². The summed E-state index contributed by atoms with van der Waals surface area (Å²) in [5.41, 5.74) is 2.65. The third kappa shape index (κ3) is 1.60. The maximum Gasteiger partial charge on any atom is 0.130 e. The summed E-state index contributed by atoms with van der Waals surface area (Å²) in [6.45, 7) is 2.38. The predicted octanol–water partition coefficient (Wildman–Crippen LogP) is 2.56. The van der Waals surface area contributed by atoms with Gasteiger partial charge in [0.05, 0.1) is 5.70 Å². The van der Waals surface area contributed by atoms with Crippen molar-refractivity contribution in [1.29, 1.82) is 0 Å². The monoisotopic (exact) mass is 201 g/mol. The predicted molar refractivity (Wildman–Crippen MR) is 59.7 cm³/mol. The second-order valence-electron chi connectivity index (χ2n) is 4.21. The van der Waals surface area contributed by atoms with Gasteiger partial charge in [0.1, 0.15) is 12.0 Å². The van der Waals surface area contributed by atoms with Crippen LogP contribution in [0.25, 0.3) is 0 Å². The Labute approximate surface area is 90.2 Å². The van der Waals surface area contributed by atoms with Crippen molar-refractivity contribution in [2.45, 2.75) is 19.3 Å². The molecular formula is C13H15NO. The van der Waals surface area contributed by atoms with Crippen molar-refractivity contribution in [2.24, 2.45) is 0 Å². The first-order valence-corrected chi connectivity index (χ1v) is 5.62. The quantitative estimate of drug-likeness (QED) is 0.692. The lowest BCUT2D eigenvalue weighted by Gasteiger charge is -2.25. The van der Waals surface area contributed by atoms with Crippen LogP contribution in [0.3, 0.4) is 0 Å². The zero-order valence-electron chi connectivity index (χ0n) is 8.78. The minimum absolute atomic E-state index is 1.01. The lowest BCUT2D eigenvalue weighted by molar-refractivity contribution is 0.363. The van der Waals surface area contributed by atoms with E-state index >= 15 is 0 Å². The van der Waals surface area contributed by atoms with E-state index in [9.17, 15) is 0 Å². The Hall–Kier alpha value is -1.44. The normalized spacial score (nSPS) is 19.5. The van der Waals surface area contributed by atoms with Gasteiger partial charge >= 0.3 is 0 Å². The zero-order valence-corrected chi connectivity index (χ0v) is 8.78. The highest BCUT2D eigenvalue weighted by Crippen LogP contribution is 2.28. The molecule has 2 heterocycles. The maximum atomic E-state index is 5.64. The highest BCUT2D eigenvalue weighted by atomic mass is 16.5. The average molecular weight is 201 g/mol. The molecule has 0 radical (unpaired) electrons. The van der Waals surface area contributed by atoms with Gasteiger partial charge in [-0.1, -0.05) is 18.2 Å². The molecule has 78 valence electrons. The Bertz CT molecular complexity index is 391. The summed E-state index contributed by atoms with van der Waals surface area (Å²) in [5, 5.41) is 0. The van der Waals surface area contributed by atoms with Crippen molar-refractivity contribution in [1.82, 2.24) is 4.90 Å². The number of nitrogens with zero attached hydrogens (tertiary/aromatic N) is 1. The summed E-state index contributed by atoms with van der Waals surface area (Å²) >= 11 is 0. The van der Waals surface area contributed by atoms with E-state index in [1.54, 1.807) is 0 Å². The third-order valence-electron chi connectivity index (χ3n) is 3.18. The molecule has 0 aliphatic carbocycles. The van der Waals surface area contributed by atoms with Crippen molar-refractivity contribution in [3.8, 4) is 5.75 Å². The van der Waals surface area contributed by atoms with Crippen molar-refractivity contribution in [3.63, 3.8) is 0 Å². The van der Waals surface area contributed by atoms with Crippen LogP contribution in [0.15, 0.2) is 36.2 Å². The molecule has 3 rings (SSSR count). The first kappa shape index (κ1) is 8.84. The van der Waals surface area contributed by atoms with Crippen LogP contribution in [0, 0.1) is 0 Å². The van der Waals surface area contributed by atoms with Gasteiger partial charge in [0.25, 0.3) is 0 Å². The lowest BCUT2D eigenvalue weighted by Crippen LogP contribution is -2.22. The molecule has 0 spiro atoms. The number of ether oxygens (including phenoxy) is 1. The van der Waals surface area contributed by atoms with Gasteiger partial charge in [-0.15, -0.1) is 0 Å². The van der Waals surface area contributed by atoms with Crippen molar-refractivity contribution < 1.29 is 4.74 Å². The molecule has 2 nitrogen and oxygen atoms in total. The van der Waals surface area contributed by atoms with E-state index < -0.39 is 0 Å². The van der Waals surface area contributed by atoms with Gasteiger partial charge < -0.3 is 9.64 Å². The van der Waals surface area contributed by atoms with E-state index in [1.807, 2.05) is 18.4 Å². The van der Waals surface area contributed by atoms with Crippen LogP contribution >= 0.6 is 0 Å². The van der Waals surface area contributed by atoms with Gasteiger partial charge in [0.15, 0.2) is 0 Å². The number of rotatable bonds is 1. The Kier molecular flexibility index (Phi) is 2.13. The summed E-state index contributed by atoms with van der Waals surface area (Å²) in [6.07, 6.45) is 5.59. The standard InChI is InChI=1S/C13H15NO/c1-2-6-13-11(5-1)9-12(10-15-13)14-7-3-4-8-14/h1-2,5-6,10H,3-4,7-9H2. The first-order valence-electron chi connectivity index (χ1n) is 5.62. The highest BCUT2D eigenvalue weighted by molar-refractivity contribution is 5.39. The molecule has 2 aliphatic heterocycles. The van der Waals surface area contributed by atoms with Gasteiger partial charge in [-0.25, -0.2) is 0 Å². The summed E-state index contributed by atoms with van der Waals surface area (Å²) in [7, 11) is 0. The molecule has 1 saturated heterocycles. The first-order chi connectivity index (χ1) is 7.43. The molecule has 1 aromatic rings. The van der Waals surface area contributed by atoms with Crippen LogP contribution in [0.1, 0.15) is 18.4 Å². The molecule has 0 bridgehead atoms. The van der Waals surface area contributed by atoms with Gasteiger partial charge in [-0.05, 0) is 18.9 Å². The van der Waals surface area contributed by atoms with Crippen molar-refractivity contribution >= 4 is 0 Å². The van der Waals surface area contributed by atoms with Gasteiger partial charge in [0.2, 0.25) is 0 Å². The fourth-order valence-corrected chi connectivity index (χ4v) is 2.32. The smallest absolute Gasteiger partial charge is 0.130 e. The number of benzene rings is 1. The van der Waals surface area contributed by atoms with E-state index in [0.29, 0.717) is 0 Å². The Balaban J connectivity index is 1.82. The number of hydrogen-bond donors (Lipinski definition) is 0. The van der Waals surface area contributed by atoms with Crippen LogP contribution in [-0.4, -0.2) is 18.0 Å². The van der Waals surface area contributed by atoms with E-state index in [2.05, 4.69) is 17.0 Å². The fourth-order valence-electron chi connectivity index (χ4n) is 2.32. The summed E-state index contributed by atoms with van der Waals surface area (Å²) in [4.78, 5) is 2.44. The Morgan fingerprint density at radius 1 is 1.07 bits per heavy atom. The highest BCUT2D eigenvalue weighted by Gasteiger charge is 2.19. The summed E-state index contributed by atoms with van der Waals surface area (Å²) in [6, 6.07) is 8.29. The topological polar surface area (TPSA) is 12.5 Å². The SMILES string of the molecule is C1=C(N2CCCC2)Cc2ccccc2O1. The minimum atomic E-state index is 1.01. The van der Waals surface area contributed by atoms with Crippen LogP contribution in [-0.2, 0) is 6.42 Å². The maximum absolute atomic E-state index is 5.64. The van der Waals surface area contributed by atoms with E-state index in [1.165, 1.54) is 37.2 Å². The molecule has 0 N–H and O–H groups in total. The van der Waals surface area contributed by atoms with Crippen LogP contribution in [0.5, 0.6) is 5.75 Å². The van der Waals surface area contributed by atoms with Crippen LogP contribution < -0.4 is 4.74 Å². The molecule has 0 amide bonds. The molecule has 0 aromatic heterocycles. The van der Waals surface area contributed by atoms with E-state index in [-0.39, 0.29) is 0 Å². The second-order valence-corrected chi connectivity index (χ2v) is 4.21.